The summed E-state index contributed by atoms with van der Waals surface area (Å²) in [5, 5.41) is 9.29. The molecule has 0 spiro atoms. The Hall–Kier alpha value is -1.57. The van der Waals surface area contributed by atoms with Gasteiger partial charge >= 0.3 is 0 Å². The van der Waals surface area contributed by atoms with Crippen molar-refractivity contribution in [3.63, 3.8) is 0 Å². The minimum absolute atomic E-state index is 0.193. The van der Waals surface area contributed by atoms with Gasteiger partial charge in [0.1, 0.15) is 12.0 Å². The second kappa shape index (κ2) is 3.72. The van der Waals surface area contributed by atoms with Crippen LogP contribution in [-0.2, 0) is 0 Å². The maximum absolute atomic E-state index is 10.4. The van der Waals surface area contributed by atoms with Crippen molar-refractivity contribution < 1.29 is 9.90 Å². The van der Waals surface area contributed by atoms with Crippen molar-refractivity contribution in [2.45, 2.75) is 6.92 Å². The predicted octanol–water partition coefficient (Wildman–Crippen LogP) is 2.24. The number of rotatable bonds is 2. The third-order valence-corrected chi connectivity index (χ3v) is 1.53. The molecule has 0 aliphatic rings. The Kier molecular flexibility index (Phi) is 2.64. The monoisotopic (exact) mass is 162 g/mol. The van der Waals surface area contributed by atoms with Crippen LogP contribution in [0.15, 0.2) is 24.3 Å². The van der Waals surface area contributed by atoms with Crippen molar-refractivity contribution in [2.24, 2.45) is 0 Å². The number of carbonyl (C=O) groups is 1. The zero-order valence-corrected chi connectivity index (χ0v) is 6.82. The molecule has 1 aromatic carbocycles. The predicted molar refractivity (Wildman–Crippen MR) is 48.2 cm³/mol. The van der Waals surface area contributed by atoms with Crippen LogP contribution < -0.4 is 0 Å². The van der Waals surface area contributed by atoms with Crippen LogP contribution in [0, 0.1) is 0 Å². The minimum atomic E-state index is 0.193. The van der Waals surface area contributed by atoms with Crippen LogP contribution in [0.25, 0.3) is 6.08 Å². The summed E-state index contributed by atoms with van der Waals surface area (Å²) < 4.78 is 0. The van der Waals surface area contributed by atoms with Crippen LogP contribution in [0.2, 0.25) is 0 Å². The number of aromatic hydroxyl groups is 1. The lowest BCUT2D eigenvalue weighted by Crippen LogP contribution is -1.81. The molecule has 12 heavy (non-hydrogen) atoms. The van der Waals surface area contributed by atoms with Gasteiger partial charge in [-0.1, -0.05) is 12.2 Å². The minimum Gasteiger partial charge on any atom is -0.507 e. The first-order chi connectivity index (χ1) is 5.77. The van der Waals surface area contributed by atoms with Gasteiger partial charge in [-0.3, -0.25) is 4.79 Å². The molecule has 0 heterocycles. The van der Waals surface area contributed by atoms with Gasteiger partial charge in [-0.25, -0.2) is 0 Å². The molecule has 0 amide bonds. The Balaban J connectivity index is 3.16. The van der Waals surface area contributed by atoms with E-state index in [1.807, 2.05) is 13.0 Å². The van der Waals surface area contributed by atoms with Crippen molar-refractivity contribution in [1.82, 2.24) is 0 Å². The largest absolute Gasteiger partial charge is 0.507 e. The maximum atomic E-state index is 10.4. The third-order valence-electron chi connectivity index (χ3n) is 1.53. The van der Waals surface area contributed by atoms with Crippen molar-refractivity contribution in [3.8, 4) is 5.75 Å². The van der Waals surface area contributed by atoms with Crippen LogP contribution in [0.5, 0.6) is 5.75 Å². The lowest BCUT2D eigenvalue weighted by atomic mass is 10.1. The van der Waals surface area contributed by atoms with Gasteiger partial charge in [0.25, 0.3) is 0 Å². The number of hydrogen-bond donors (Lipinski definition) is 1. The number of aldehydes is 1. The van der Waals surface area contributed by atoms with E-state index in [9.17, 15) is 9.90 Å². The highest BCUT2D eigenvalue weighted by molar-refractivity contribution is 5.77. The molecule has 0 fully saturated rings. The Morgan fingerprint density at radius 1 is 1.42 bits per heavy atom. The average Bonchev–Trinajstić information content (AvgIpc) is 2.09. The molecule has 62 valence electrons. The van der Waals surface area contributed by atoms with E-state index in [2.05, 4.69) is 0 Å². The van der Waals surface area contributed by atoms with Crippen molar-refractivity contribution >= 4 is 12.4 Å². The van der Waals surface area contributed by atoms with Gasteiger partial charge in [-0.2, -0.15) is 0 Å². The van der Waals surface area contributed by atoms with E-state index in [1.54, 1.807) is 18.2 Å². The van der Waals surface area contributed by atoms with Crippen molar-refractivity contribution in [2.75, 3.05) is 0 Å². The second-order valence-electron chi connectivity index (χ2n) is 2.44. The Morgan fingerprint density at radius 2 is 2.17 bits per heavy atom. The first kappa shape index (κ1) is 8.53. The van der Waals surface area contributed by atoms with Crippen molar-refractivity contribution in [3.05, 3.63) is 35.4 Å². The second-order valence-corrected chi connectivity index (χ2v) is 2.44. The fourth-order valence-corrected chi connectivity index (χ4v) is 0.959. The van der Waals surface area contributed by atoms with E-state index in [1.165, 1.54) is 6.07 Å². The Bertz CT molecular complexity index is 314. The summed E-state index contributed by atoms with van der Waals surface area (Å²) in [6.45, 7) is 1.85. The SMILES string of the molecule is CC=Cc1cc(C=O)ccc1O. The summed E-state index contributed by atoms with van der Waals surface area (Å²) in [5.74, 6) is 0.193. The first-order valence-electron chi connectivity index (χ1n) is 3.69. The van der Waals surface area contributed by atoms with Gasteiger partial charge in [0.15, 0.2) is 0 Å². The number of phenols is 1. The van der Waals surface area contributed by atoms with Crippen LogP contribution in [0.1, 0.15) is 22.8 Å². The summed E-state index contributed by atoms with van der Waals surface area (Å²) >= 11 is 0. The molecule has 0 aromatic heterocycles. The van der Waals surface area contributed by atoms with Gasteiger partial charge in [0.2, 0.25) is 0 Å². The zero-order valence-electron chi connectivity index (χ0n) is 6.82. The fraction of sp³-hybridized carbons (Fsp3) is 0.100. The summed E-state index contributed by atoms with van der Waals surface area (Å²) in [6.07, 6.45) is 4.32. The first-order valence-corrected chi connectivity index (χ1v) is 3.69. The quantitative estimate of drug-likeness (QED) is 0.677. The molecule has 0 unspecified atom stereocenters. The Morgan fingerprint density at radius 3 is 2.75 bits per heavy atom. The van der Waals surface area contributed by atoms with E-state index >= 15 is 0 Å². The highest BCUT2D eigenvalue weighted by Gasteiger charge is 1.97. The zero-order chi connectivity index (χ0) is 8.97. The van der Waals surface area contributed by atoms with E-state index in [-0.39, 0.29) is 5.75 Å². The molecule has 2 nitrogen and oxygen atoms in total. The number of benzene rings is 1. The van der Waals surface area contributed by atoms with E-state index in [0.717, 1.165) is 6.29 Å². The van der Waals surface area contributed by atoms with Crippen molar-refractivity contribution in [1.29, 1.82) is 0 Å². The lowest BCUT2D eigenvalue weighted by molar-refractivity contribution is 0.112. The van der Waals surface area contributed by atoms with Gasteiger partial charge < -0.3 is 5.11 Å². The number of allylic oxidation sites excluding steroid dienone is 1. The molecule has 1 rings (SSSR count). The summed E-state index contributed by atoms with van der Waals surface area (Å²) in [5.41, 5.74) is 1.24. The molecule has 1 aromatic rings. The number of phenolic OH excluding ortho intramolecular Hbond substituents is 1. The molecule has 0 saturated carbocycles. The molecule has 0 aliphatic heterocycles. The fourth-order valence-electron chi connectivity index (χ4n) is 0.959. The normalized spacial score (nSPS) is 10.4. The highest BCUT2D eigenvalue weighted by atomic mass is 16.3. The van der Waals surface area contributed by atoms with Crippen LogP contribution in [0.4, 0.5) is 0 Å². The molecule has 0 bridgehead atoms. The van der Waals surface area contributed by atoms with Crippen LogP contribution >= 0.6 is 0 Å². The van der Waals surface area contributed by atoms with E-state index in [4.69, 9.17) is 0 Å². The lowest BCUT2D eigenvalue weighted by Gasteiger charge is -1.98. The summed E-state index contributed by atoms with van der Waals surface area (Å²) in [6, 6.07) is 4.73. The number of hydrogen-bond acceptors (Lipinski definition) is 2. The molecular weight excluding hydrogens is 152 g/mol. The molecule has 0 atom stereocenters. The molecule has 0 radical (unpaired) electrons. The van der Waals surface area contributed by atoms with Gasteiger partial charge in [-0.15, -0.1) is 0 Å². The number of carbonyl (C=O) groups excluding carboxylic acids is 1. The standard InChI is InChI=1S/C10H10O2/c1-2-3-9-6-8(7-11)4-5-10(9)12/h2-7,12H,1H3. The maximum Gasteiger partial charge on any atom is 0.150 e. The average molecular weight is 162 g/mol. The molecule has 1 N–H and O–H groups in total. The molecule has 0 aliphatic carbocycles. The van der Waals surface area contributed by atoms with Gasteiger partial charge in [-0.05, 0) is 25.1 Å². The van der Waals surface area contributed by atoms with Gasteiger partial charge in [0, 0.05) is 11.1 Å². The summed E-state index contributed by atoms with van der Waals surface area (Å²) in [7, 11) is 0. The summed E-state index contributed by atoms with van der Waals surface area (Å²) in [4.78, 5) is 10.4. The van der Waals surface area contributed by atoms with Crippen LogP contribution in [0.3, 0.4) is 0 Å². The van der Waals surface area contributed by atoms with E-state index < -0.39 is 0 Å². The molecule has 2 heteroatoms. The molecular formula is C10H10O2. The Labute approximate surface area is 71.2 Å². The highest BCUT2D eigenvalue weighted by Crippen LogP contribution is 2.18. The third kappa shape index (κ3) is 1.72. The topological polar surface area (TPSA) is 37.3 Å². The van der Waals surface area contributed by atoms with Gasteiger partial charge in [0.05, 0.1) is 0 Å². The smallest absolute Gasteiger partial charge is 0.150 e. The molecule has 0 saturated heterocycles. The van der Waals surface area contributed by atoms with Crippen LogP contribution in [-0.4, -0.2) is 11.4 Å². The van der Waals surface area contributed by atoms with E-state index in [0.29, 0.717) is 11.1 Å².